The summed E-state index contributed by atoms with van der Waals surface area (Å²) in [5.74, 6) is 2.36. The van der Waals surface area contributed by atoms with E-state index in [0.717, 1.165) is 5.69 Å². The van der Waals surface area contributed by atoms with Crippen molar-refractivity contribution in [2.24, 2.45) is 5.10 Å². The molecule has 2 N–H and O–H groups in total. The molecule has 0 unspecified atom stereocenters. The van der Waals surface area contributed by atoms with Gasteiger partial charge >= 0.3 is 0 Å². The summed E-state index contributed by atoms with van der Waals surface area (Å²) in [6.45, 7) is 1.80. The van der Waals surface area contributed by atoms with Gasteiger partial charge in [-0.2, -0.15) is 5.10 Å². The first-order valence-electron chi connectivity index (χ1n) is 5.22. The fraction of sp³-hybridized carbons (Fsp3) is 0.0769. The minimum Gasteiger partial charge on any atom is -0.368 e. The molecule has 0 atom stereocenters. The van der Waals surface area contributed by atoms with Crippen molar-refractivity contribution in [1.29, 1.82) is 0 Å². The summed E-state index contributed by atoms with van der Waals surface area (Å²) >= 11 is 0. The molecule has 2 aromatic rings. The lowest BCUT2D eigenvalue weighted by Gasteiger charge is -1.99. The molecule has 18 heavy (non-hydrogen) atoms. The number of anilines is 1. The van der Waals surface area contributed by atoms with Gasteiger partial charge in [0.15, 0.2) is 0 Å². The van der Waals surface area contributed by atoms with E-state index in [2.05, 4.69) is 16.0 Å². The van der Waals surface area contributed by atoms with Crippen molar-refractivity contribution in [3.63, 3.8) is 0 Å². The second kappa shape index (κ2) is 4.72. The molecule has 0 aliphatic carbocycles. The van der Waals surface area contributed by atoms with Crippen LogP contribution in [0.2, 0.25) is 0 Å². The van der Waals surface area contributed by atoms with Gasteiger partial charge in [-0.15, -0.1) is 6.42 Å². The smallest absolute Gasteiger partial charge is 0.221 e. The molecule has 0 radical (unpaired) electrons. The molecule has 1 heterocycles. The van der Waals surface area contributed by atoms with Gasteiger partial charge in [-0.1, -0.05) is 5.92 Å². The molecule has 0 saturated heterocycles. The van der Waals surface area contributed by atoms with Crippen LogP contribution in [0.5, 0.6) is 0 Å². The molecule has 0 saturated carbocycles. The van der Waals surface area contributed by atoms with Crippen LogP contribution in [0.25, 0.3) is 0 Å². The number of aromatic nitrogens is 2. The molecule has 0 amide bonds. The minimum absolute atomic E-state index is 0.266. The SMILES string of the molecule is C#Cc1ccc(F)cc1C=Nn1cc(C)nc1N. The van der Waals surface area contributed by atoms with Crippen molar-refractivity contribution in [1.82, 2.24) is 9.66 Å². The standard InChI is InChI=1S/C13H11FN4/c1-3-10-4-5-12(14)6-11(10)7-16-18-8-9(2)17-13(18)15/h1,4-8H,2H3,(H2,15,17). The fourth-order valence-corrected chi connectivity index (χ4v) is 1.49. The number of hydrogen-bond acceptors (Lipinski definition) is 3. The molecule has 1 aromatic heterocycles. The van der Waals surface area contributed by atoms with Gasteiger partial charge in [-0.05, 0) is 25.1 Å². The van der Waals surface area contributed by atoms with Crippen LogP contribution in [-0.4, -0.2) is 15.9 Å². The molecule has 5 heteroatoms. The van der Waals surface area contributed by atoms with E-state index in [1.165, 1.54) is 29.1 Å². The first-order valence-corrected chi connectivity index (χ1v) is 5.22. The summed E-state index contributed by atoms with van der Waals surface area (Å²) in [4.78, 5) is 4.00. The average Bonchev–Trinajstić information content (AvgIpc) is 2.65. The third kappa shape index (κ3) is 2.38. The van der Waals surface area contributed by atoms with E-state index in [4.69, 9.17) is 12.2 Å². The molecule has 0 aliphatic rings. The quantitative estimate of drug-likeness (QED) is 0.644. The summed E-state index contributed by atoms with van der Waals surface area (Å²) in [5, 5.41) is 4.09. The molecule has 0 fully saturated rings. The predicted octanol–water partition coefficient (Wildman–Crippen LogP) is 1.78. The Kier molecular flexibility index (Phi) is 3.11. The number of terminal acetylenes is 1. The van der Waals surface area contributed by atoms with E-state index in [-0.39, 0.29) is 11.8 Å². The van der Waals surface area contributed by atoms with E-state index >= 15 is 0 Å². The Hall–Kier alpha value is -2.61. The van der Waals surface area contributed by atoms with Crippen molar-refractivity contribution >= 4 is 12.2 Å². The highest BCUT2D eigenvalue weighted by Crippen LogP contribution is 2.09. The van der Waals surface area contributed by atoms with Gasteiger partial charge in [0.1, 0.15) is 5.82 Å². The zero-order valence-electron chi connectivity index (χ0n) is 9.76. The Morgan fingerprint density at radius 3 is 2.94 bits per heavy atom. The highest BCUT2D eigenvalue weighted by atomic mass is 19.1. The number of hydrogen-bond donors (Lipinski definition) is 1. The number of nitrogens with zero attached hydrogens (tertiary/aromatic N) is 3. The topological polar surface area (TPSA) is 56.2 Å². The summed E-state index contributed by atoms with van der Waals surface area (Å²) in [7, 11) is 0. The van der Waals surface area contributed by atoms with Crippen LogP contribution in [0.3, 0.4) is 0 Å². The van der Waals surface area contributed by atoms with E-state index < -0.39 is 0 Å². The number of rotatable bonds is 2. The van der Waals surface area contributed by atoms with Crippen LogP contribution in [0.15, 0.2) is 29.5 Å². The van der Waals surface area contributed by atoms with E-state index in [0.29, 0.717) is 11.1 Å². The van der Waals surface area contributed by atoms with Gasteiger partial charge in [0, 0.05) is 11.1 Å². The van der Waals surface area contributed by atoms with Crippen LogP contribution < -0.4 is 5.73 Å². The van der Waals surface area contributed by atoms with Crippen LogP contribution in [0.4, 0.5) is 10.3 Å². The lowest BCUT2D eigenvalue weighted by Crippen LogP contribution is -1.98. The summed E-state index contributed by atoms with van der Waals surface area (Å²) < 4.78 is 14.5. The first kappa shape index (κ1) is 11.9. The predicted molar refractivity (Wildman–Crippen MR) is 68.7 cm³/mol. The van der Waals surface area contributed by atoms with Crippen LogP contribution in [-0.2, 0) is 0 Å². The monoisotopic (exact) mass is 242 g/mol. The van der Waals surface area contributed by atoms with Gasteiger partial charge in [-0.3, -0.25) is 0 Å². The summed E-state index contributed by atoms with van der Waals surface area (Å²) in [5.41, 5.74) is 7.46. The molecule has 0 aliphatic heterocycles. The van der Waals surface area contributed by atoms with Crippen molar-refractivity contribution < 1.29 is 4.39 Å². The highest BCUT2D eigenvalue weighted by Gasteiger charge is 2.01. The lowest BCUT2D eigenvalue weighted by atomic mass is 10.1. The molecule has 0 bridgehead atoms. The maximum absolute atomic E-state index is 13.1. The first-order chi connectivity index (χ1) is 8.60. The second-order valence-corrected chi connectivity index (χ2v) is 3.71. The van der Waals surface area contributed by atoms with Crippen LogP contribution in [0.1, 0.15) is 16.8 Å². The number of imidazole rings is 1. The van der Waals surface area contributed by atoms with Gasteiger partial charge in [-0.25, -0.2) is 14.1 Å². The van der Waals surface area contributed by atoms with Gasteiger partial charge < -0.3 is 5.73 Å². The van der Waals surface area contributed by atoms with E-state index in [1.807, 2.05) is 0 Å². The van der Waals surface area contributed by atoms with Gasteiger partial charge in [0.25, 0.3) is 0 Å². The lowest BCUT2D eigenvalue weighted by molar-refractivity contribution is 0.627. The molecule has 4 nitrogen and oxygen atoms in total. The maximum atomic E-state index is 13.1. The molecule has 1 aromatic carbocycles. The van der Waals surface area contributed by atoms with Crippen LogP contribution >= 0.6 is 0 Å². The van der Waals surface area contributed by atoms with Crippen molar-refractivity contribution in [3.8, 4) is 12.3 Å². The zero-order valence-corrected chi connectivity index (χ0v) is 9.76. The zero-order chi connectivity index (χ0) is 13.1. The second-order valence-electron chi connectivity index (χ2n) is 3.71. The van der Waals surface area contributed by atoms with E-state index in [9.17, 15) is 4.39 Å². The maximum Gasteiger partial charge on any atom is 0.221 e. The van der Waals surface area contributed by atoms with Gasteiger partial charge in [0.2, 0.25) is 5.95 Å². The molecular weight excluding hydrogens is 231 g/mol. The fourth-order valence-electron chi connectivity index (χ4n) is 1.49. The number of halogens is 1. The van der Waals surface area contributed by atoms with Crippen molar-refractivity contribution in [2.45, 2.75) is 6.92 Å². The number of nitrogen functional groups attached to an aromatic ring is 1. The molecule has 2 rings (SSSR count). The molecule has 90 valence electrons. The summed E-state index contributed by atoms with van der Waals surface area (Å²) in [6.07, 6.45) is 8.45. The number of benzene rings is 1. The Balaban J connectivity index is 2.37. The van der Waals surface area contributed by atoms with Crippen molar-refractivity contribution in [2.75, 3.05) is 5.73 Å². The average molecular weight is 242 g/mol. The Morgan fingerprint density at radius 1 is 1.56 bits per heavy atom. The minimum atomic E-state index is -0.370. The molecule has 0 spiro atoms. The highest BCUT2D eigenvalue weighted by molar-refractivity contribution is 5.83. The largest absolute Gasteiger partial charge is 0.368 e. The van der Waals surface area contributed by atoms with Gasteiger partial charge in [0.05, 0.1) is 18.1 Å². The number of aryl methyl sites for hydroxylation is 1. The Morgan fingerprint density at radius 2 is 2.33 bits per heavy atom. The van der Waals surface area contributed by atoms with E-state index in [1.54, 1.807) is 13.1 Å². The molecular formula is C13H11FN4. The Bertz CT molecular complexity index is 649. The summed E-state index contributed by atoms with van der Waals surface area (Å²) in [6, 6.07) is 4.15. The normalized spacial score (nSPS) is 10.7. The number of nitrogens with two attached hydrogens (primary N) is 1. The third-order valence-corrected chi connectivity index (χ3v) is 2.33. The van der Waals surface area contributed by atoms with Crippen molar-refractivity contribution in [3.05, 3.63) is 47.0 Å². The van der Waals surface area contributed by atoms with Crippen LogP contribution in [0, 0.1) is 25.1 Å². The Labute approximate surface area is 104 Å². The third-order valence-electron chi connectivity index (χ3n) is 2.33.